The quantitative estimate of drug-likeness (QED) is 0.396. The van der Waals surface area contributed by atoms with Gasteiger partial charge in [0, 0.05) is 23.2 Å². The fourth-order valence-electron chi connectivity index (χ4n) is 5.26. The Balaban J connectivity index is 1.28. The van der Waals surface area contributed by atoms with Crippen LogP contribution in [0.5, 0.6) is 0 Å². The first-order chi connectivity index (χ1) is 17.7. The number of anilines is 1. The molecule has 7 nitrogen and oxygen atoms in total. The van der Waals surface area contributed by atoms with Gasteiger partial charge in [-0.25, -0.2) is 17.5 Å². The largest absolute Gasteiger partial charge is 0.340 e. The molecule has 3 aliphatic rings. The number of amides is 2. The normalized spacial score (nSPS) is 21.1. The number of halogens is 1. The second kappa shape index (κ2) is 10.1. The van der Waals surface area contributed by atoms with E-state index in [2.05, 4.69) is 15.4 Å². The van der Waals surface area contributed by atoms with E-state index in [1.165, 1.54) is 48.5 Å². The molecule has 2 bridgehead atoms. The lowest BCUT2D eigenvalue weighted by atomic mass is 9.78. The molecule has 0 heterocycles. The molecule has 0 aliphatic heterocycles. The molecule has 3 N–H and O–H groups in total. The van der Waals surface area contributed by atoms with Crippen molar-refractivity contribution in [3.8, 4) is 0 Å². The first-order valence-electron chi connectivity index (χ1n) is 12.3. The molecule has 0 saturated heterocycles. The fraction of sp³-hybridized carbons (Fsp3) is 0.286. The minimum Gasteiger partial charge on any atom is -0.340 e. The predicted octanol–water partition coefficient (Wildman–Crippen LogP) is 4.03. The van der Waals surface area contributed by atoms with Crippen molar-refractivity contribution in [2.45, 2.75) is 48.6 Å². The number of hydrogen-bond donors (Lipinski definition) is 3. The van der Waals surface area contributed by atoms with Gasteiger partial charge in [-0.05, 0) is 85.7 Å². The second-order valence-electron chi connectivity index (χ2n) is 9.94. The lowest BCUT2D eigenvalue weighted by molar-refractivity contribution is -0.118. The van der Waals surface area contributed by atoms with Gasteiger partial charge in [0.15, 0.2) is 0 Å². The maximum Gasteiger partial charge on any atom is 0.251 e. The van der Waals surface area contributed by atoms with E-state index < -0.39 is 33.7 Å². The zero-order chi connectivity index (χ0) is 26.0. The summed E-state index contributed by atoms with van der Waals surface area (Å²) < 4.78 is 41.9. The van der Waals surface area contributed by atoms with Gasteiger partial charge in [0.2, 0.25) is 15.9 Å². The van der Waals surface area contributed by atoms with Crippen molar-refractivity contribution in [3.63, 3.8) is 0 Å². The topological polar surface area (TPSA) is 104 Å². The van der Waals surface area contributed by atoms with Crippen LogP contribution < -0.4 is 15.4 Å². The Kier molecular flexibility index (Phi) is 6.83. The minimum absolute atomic E-state index is 0.140. The average molecular weight is 522 g/mol. The lowest BCUT2D eigenvalue weighted by Gasteiger charge is -2.38. The summed E-state index contributed by atoms with van der Waals surface area (Å²) in [6.45, 7) is 0. The van der Waals surface area contributed by atoms with E-state index in [9.17, 15) is 22.4 Å². The molecule has 192 valence electrons. The summed E-state index contributed by atoms with van der Waals surface area (Å²) in [6, 6.07) is 19.4. The Hall–Kier alpha value is -3.56. The molecule has 3 saturated carbocycles. The number of carbonyl (C=O) groups is 2. The average Bonchev–Trinajstić information content (AvgIpc) is 3.45. The summed E-state index contributed by atoms with van der Waals surface area (Å²) >= 11 is 0. The summed E-state index contributed by atoms with van der Waals surface area (Å²) in [4.78, 5) is 26.1. The molecule has 6 rings (SSSR count). The summed E-state index contributed by atoms with van der Waals surface area (Å²) in [6.07, 6.45) is 3.96. The Morgan fingerprint density at radius 1 is 0.946 bits per heavy atom. The molecule has 37 heavy (non-hydrogen) atoms. The highest BCUT2D eigenvalue weighted by atomic mass is 32.2. The zero-order valence-electron chi connectivity index (χ0n) is 20.1. The number of nitrogens with one attached hydrogen (secondary N) is 3. The van der Waals surface area contributed by atoms with E-state index in [0.717, 1.165) is 31.2 Å². The summed E-state index contributed by atoms with van der Waals surface area (Å²) in [5.41, 5.74) is 1.18. The van der Waals surface area contributed by atoms with Crippen LogP contribution in [0.15, 0.2) is 83.8 Å². The maximum atomic E-state index is 13.3. The monoisotopic (exact) mass is 521 g/mol. The third-order valence-corrected chi connectivity index (χ3v) is 8.78. The third-order valence-electron chi connectivity index (χ3n) is 7.18. The van der Waals surface area contributed by atoms with Gasteiger partial charge in [-0.2, -0.15) is 0 Å². The van der Waals surface area contributed by atoms with Gasteiger partial charge in [0.05, 0.1) is 4.90 Å². The SMILES string of the molecule is O=C(N[C@H](Cc1ccccc1)C(=O)Nc1ccc(S(=O)(=O)NC23CCC(C2)C3)cc1)c1ccc(F)cc1. The van der Waals surface area contributed by atoms with Gasteiger partial charge < -0.3 is 10.6 Å². The highest BCUT2D eigenvalue weighted by Gasteiger charge is 2.52. The summed E-state index contributed by atoms with van der Waals surface area (Å²) in [7, 11) is -3.66. The van der Waals surface area contributed by atoms with Gasteiger partial charge in [0.1, 0.15) is 11.9 Å². The smallest absolute Gasteiger partial charge is 0.251 e. The standard InChI is InChI=1S/C28H28FN3O4S/c29-22-8-6-21(7-9-22)26(33)31-25(16-19-4-2-1-3-5-19)27(34)30-23-10-12-24(13-11-23)37(35,36)32-28-15-14-20(17-28)18-28/h1-13,20,25,32H,14-18H2,(H,30,34)(H,31,33)/t20?,25-,28?/m1/s1. The van der Waals surface area contributed by atoms with E-state index in [1.807, 2.05) is 30.3 Å². The van der Waals surface area contributed by atoms with E-state index >= 15 is 0 Å². The number of sulfonamides is 1. The molecule has 3 aromatic carbocycles. The molecule has 0 aromatic heterocycles. The van der Waals surface area contributed by atoms with Gasteiger partial charge in [-0.1, -0.05) is 30.3 Å². The van der Waals surface area contributed by atoms with Crippen LogP contribution in [0.25, 0.3) is 0 Å². The second-order valence-corrected chi connectivity index (χ2v) is 11.6. The molecule has 1 atom stereocenters. The molecule has 0 radical (unpaired) electrons. The first-order valence-corrected chi connectivity index (χ1v) is 13.7. The molecule has 3 aromatic rings. The van der Waals surface area contributed by atoms with E-state index in [1.54, 1.807) is 0 Å². The van der Waals surface area contributed by atoms with E-state index in [4.69, 9.17) is 0 Å². The van der Waals surface area contributed by atoms with Crippen LogP contribution in [0, 0.1) is 11.7 Å². The van der Waals surface area contributed by atoms with Crippen LogP contribution in [-0.4, -0.2) is 31.8 Å². The first kappa shape index (κ1) is 25.1. The number of benzene rings is 3. The van der Waals surface area contributed by atoms with Gasteiger partial charge in [0.25, 0.3) is 5.91 Å². The van der Waals surface area contributed by atoms with Crippen LogP contribution in [0.2, 0.25) is 0 Å². The number of carbonyl (C=O) groups excluding carboxylic acids is 2. The van der Waals surface area contributed by atoms with Crippen LogP contribution >= 0.6 is 0 Å². The number of fused-ring (bicyclic) bond motifs is 1. The summed E-state index contributed by atoms with van der Waals surface area (Å²) in [5.74, 6) is -0.797. The van der Waals surface area contributed by atoms with Crippen LogP contribution in [-0.2, 0) is 21.2 Å². The molecular weight excluding hydrogens is 493 g/mol. The zero-order valence-corrected chi connectivity index (χ0v) is 20.9. The van der Waals surface area contributed by atoms with Crippen molar-refractivity contribution in [3.05, 3.63) is 95.8 Å². The Morgan fingerprint density at radius 2 is 1.62 bits per heavy atom. The molecule has 9 heteroatoms. The van der Waals surface area contributed by atoms with Crippen molar-refractivity contribution < 1.29 is 22.4 Å². The molecule has 0 unspecified atom stereocenters. The van der Waals surface area contributed by atoms with Crippen molar-refractivity contribution >= 4 is 27.5 Å². The van der Waals surface area contributed by atoms with Gasteiger partial charge in [-0.3, -0.25) is 9.59 Å². The van der Waals surface area contributed by atoms with Gasteiger partial charge >= 0.3 is 0 Å². The lowest BCUT2D eigenvalue weighted by Crippen LogP contribution is -2.51. The molecule has 3 fully saturated rings. The van der Waals surface area contributed by atoms with E-state index in [-0.39, 0.29) is 22.4 Å². The highest BCUT2D eigenvalue weighted by molar-refractivity contribution is 7.89. The number of rotatable bonds is 9. The number of hydrogen-bond acceptors (Lipinski definition) is 4. The third kappa shape index (κ3) is 5.73. The van der Waals surface area contributed by atoms with Crippen molar-refractivity contribution in [2.75, 3.05) is 5.32 Å². The van der Waals surface area contributed by atoms with Gasteiger partial charge in [-0.15, -0.1) is 0 Å². The molecule has 2 amide bonds. The summed E-state index contributed by atoms with van der Waals surface area (Å²) in [5, 5.41) is 5.49. The van der Waals surface area contributed by atoms with Crippen molar-refractivity contribution in [2.24, 2.45) is 5.92 Å². The highest BCUT2D eigenvalue weighted by Crippen LogP contribution is 2.52. The maximum absolute atomic E-state index is 13.3. The Bertz CT molecular complexity index is 1380. The van der Waals surface area contributed by atoms with Crippen LogP contribution in [0.3, 0.4) is 0 Å². The Morgan fingerprint density at radius 3 is 2.24 bits per heavy atom. The van der Waals surface area contributed by atoms with Crippen molar-refractivity contribution in [1.29, 1.82) is 0 Å². The predicted molar refractivity (Wildman–Crippen MR) is 138 cm³/mol. The Labute approximate surface area is 215 Å². The van der Waals surface area contributed by atoms with E-state index in [0.29, 0.717) is 11.6 Å². The minimum atomic E-state index is -3.66. The molecule has 0 spiro atoms. The molecule has 3 aliphatic carbocycles. The van der Waals surface area contributed by atoms with Crippen molar-refractivity contribution in [1.82, 2.24) is 10.0 Å². The van der Waals surface area contributed by atoms with Crippen LogP contribution in [0.1, 0.15) is 41.6 Å². The fourth-order valence-corrected chi connectivity index (χ4v) is 6.71. The molecular formula is C28H28FN3O4S. The van der Waals surface area contributed by atoms with Crippen LogP contribution in [0.4, 0.5) is 10.1 Å².